The van der Waals surface area contributed by atoms with E-state index in [-0.39, 0.29) is 0 Å². The van der Waals surface area contributed by atoms with E-state index in [9.17, 15) is 4.79 Å². The van der Waals surface area contributed by atoms with Crippen LogP contribution in [0.2, 0.25) is 0 Å². The molecule has 0 radical (unpaired) electrons. The van der Waals surface area contributed by atoms with Crippen molar-refractivity contribution in [3.63, 3.8) is 0 Å². The Balaban J connectivity index is 1.98. The predicted octanol–water partition coefficient (Wildman–Crippen LogP) is 6.73. The maximum absolute atomic E-state index is 15.6. The van der Waals surface area contributed by atoms with Crippen molar-refractivity contribution in [2.75, 3.05) is 0 Å². The minimum atomic E-state index is -3.55. The molecule has 0 unspecified atom stereocenters. The molecule has 1 aromatic heterocycles. The standard InChI is InChI=1S/C31H28NO3P/c1-31(2,3)35-30(33)32-27-22-14-13-21-26(27)28(23-15-7-4-8-16-23)29(32)36(34,24-17-9-5-10-18-24)25-19-11-6-12-20-25/h4-22H,1-3H3. The highest BCUT2D eigenvalue weighted by molar-refractivity contribution is 7.85. The average molecular weight is 494 g/mol. The van der Waals surface area contributed by atoms with E-state index in [0.29, 0.717) is 21.6 Å². The molecule has 0 aliphatic carbocycles. The van der Waals surface area contributed by atoms with Crippen molar-refractivity contribution in [1.82, 2.24) is 4.57 Å². The van der Waals surface area contributed by atoms with Gasteiger partial charge in [0.2, 0.25) is 0 Å². The zero-order valence-corrected chi connectivity index (χ0v) is 21.5. The van der Waals surface area contributed by atoms with Crippen LogP contribution < -0.4 is 16.0 Å². The maximum Gasteiger partial charge on any atom is 0.419 e. The number of ether oxygens (including phenoxy) is 1. The molecule has 0 amide bonds. The third kappa shape index (κ3) is 4.19. The Bertz CT molecular complexity index is 1520. The minimum Gasteiger partial charge on any atom is -0.443 e. The molecular weight excluding hydrogens is 465 g/mol. The molecule has 0 fully saturated rings. The second kappa shape index (κ2) is 9.29. The number of nitrogens with zero attached hydrogens (tertiary/aromatic N) is 1. The third-order valence-electron chi connectivity index (χ3n) is 6.03. The summed E-state index contributed by atoms with van der Waals surface area (Å²) in [6.45, 7) is 5.51. The van der Waals surface area contributed by atoms with Gasteiger partial charge in [0.25, 0.3) is 0 Å². The first-order valence-electron chi connectivity index (χ1n) is 11.9. The van der Waals surface area contributed by atoms with E-state index in [1.807, 2.05) is 136 Å². The maximum atomic E-state index is 15.6. The zero-order chi connectivity index (χ0) is 25.3. The number of rotatable bonds is 4. The topological polar surface area (TPSA) is 48.3 Å². The molecule has 36 heavy (non-hydrogen) atoms. The van der Waals surface area contributed by atoms with E-state index >= 15 is 4.57 Å². The number of fused-ring (bicyclic) bond motifs is 1. The quantitative estimate of drug-likeness (QED) is 0.261. The Morgan fingerprint density at radius 2 is 1.17 bits per heavy atom. The molecule has 0 bridgehead atoms. The summed E-state index contributed by atoms with van der Waals surface area (Å²) in [5.74, 6) is 0. The Hall–Kier alpha value is -3.88. The molecule has 0 N–H and O–H groups in total. The number of carbonyl (C=O) groups excluding carboxylic acids is 1. The van der Waals surface area contributed by atoms with Crippen LogP contribution in [0.1, 0.15) is 20.8 Å². The fourth-order valence-electron chi connectivity index (χ4n) is 4.58. The highest BCUT2D eigenvalue weighted by atomic mass is 31.2. The van der Waals surface area contributed by atoms with Crippen molar-refractivity contribution in [3.05, 3.63) is 115 Å². The van der Waals surface area contributed by atoms with Gasteiger partial charge in [0.1, 0.15) is 11.0 Å². The van der Waals surface area contributed by atoms with Crippen LogP contribution >= 0.6 is 7.14 Å². The van der Waals surface area contributed by atoms with Gasteiger partial charge in [0.15, 0.2) is 7.14 Å². The van der Waals surface area contributed by atoms with Gasteiger partial charge < -0.3 is 9.30 Å². The Labute approximate surface area is 211 Å². The number of para-hydroxylation sites is 1. The molecule has 1 heterocycles. The lowest BCUT2D eigenvalue weighted by atomic mass is 10.1. The molecule has 0 spiro atoms. The van der Waals surface area contributed by atoms with Gasteiger partial charge in [-0.3, -0.25) is 0 Å². The van der Waals surface area contributed by atoms with Crippen LogP contribution in [0.5, 0.6) is 0 Å². The van der Waals surface area contributed by atoms with Crippen LogP contribution in [0.4, 0.5) is 4.79 Å². The van der Waals surface area contributed by atoms with Gasteiger partial charge in [-0.1, -0.05) is 109 Å². The first-order chi connectivity index (χ1) is 17.3. The Morgan fingerprint density at radius 3 is 1.69 bits per heavy atom. The number of hydrogen-bond acceptors (Lipinski definition) is 3. The SMILES string of the molecule is CC(C)(C)OC(=O)n1c(P(=O)(c2ccccc2)c2ccccc2)c(-c2ccccc2)c2ccccc21. The second-order valence-electron chi connectivity index (χ2n) is 9.68. The van der Waals surface area contributed by atoms with Crippen molar-refractivity contribution >= 4 is 40.2 Å². The van der Waals surface area contributed by atoms with Crippen LogP contribution in [0.3, 0.4) is 0 Å². The zero-order valence-electron chi connectivity index (χ0n) is 20.6. The summed E-state index contributed by atoms with van der Waals surface area (Å²) in [7, 11) is -3.55. The van der Waals surface area contributed by atoms with E-state index < -0.39 is 18.8 Å². The van der Waals surface area contributed by atoms with E-state index in [2.05, 4.69) is 0 Å². The van der Waals surface area contributed by atoms with Gasteiger partial charge in [-0.2, -0.15) is 0 Å². The molecule has 0 saturated carbocycles. The first kappa shape index (κ1) is 23.8. The molecule has 4 nitrogen and oxygen atoms in total. The fraction of sp³-hybridized carbons (Fsp3) is 0.129. The van der Waals surface area contributed by atoms with E-state index in [1.54, 1.807) is 0 Å². The Morgan fingerprint density at radius 1 is 0.694 bits per heavy atom. The summed E-state index contributed by atoms with van der Waals surface area (Å²) in [6, 6.07) is 36.4. The van der Waals surface area contributed by atoms with Crippen molar-refractivity contribution in [1.29, 1.82) is 0 Å². The van der Waals surface area contributed by atoms with Crippen LogP contribution in [-0.2, 0) is 9.30 Å². The highest BCUT2D eigenvalue weighted by Gasteiger charge is 2.39. The summed E-state index contributed by atoms with van der Waals surface area (Å²) < 4.78 is 23.1. The smallest absolute Gasteiger partial charge is 0.419 e. The van der Waals surface area contributed by atoms with E-state index in [4.69, 9.17) is 4.74 Å². The molecule has 0 atom stereocenters. The van der Waals surface area contributed by atoms with Gasteiger partial charge in [-0.25, -0.2) is 9.36 Å². The lowest BCUT2D eigenvalue weighted by molar-refractivity contribution is 0.0549. The van der Waals surface area contributed by atoms with Crippen LogP contribution in [0, 0.1) is 0 Å². The molecule has 5 aromatic rings. The second-order valence-corrected chi connectivity index (χ2v) is 12.4. The Kier molecular flexibility index (Phi) is 6.15. The van der Waals surface area contributed by atoms with Gasteiger partial charge in [0, 0.05) is 21.6 Å². The lowest BCUT2D eigenvalue weighted by Gasteiger charge is -2.25. The van der Waals surface area contributed by atoms with Gasteiger partial charge in [0.05, 0.1) is 5.52 Å². The summed E-state index contributed by atoms with van der Waals surface area (Å²) in [5, 5.41) is 2.15. The van der Waals surface area contributed by atoms with E-state index in [1.165, 1.54) is 4.57 Å². The van der Waals surface area contributed by atoms with Crippen molar-refractivity contribution in [3.8, 4) is 11.1 Å². The average Bonchev–Trinajstić information content (AvgIpc) is 3.25. The number of carbonyl (C=O) groups is 1. The molecule has 5 rings (SSSR count). The van der Waals surface area contributed by atoms with Crippen LogP contribution in [0.15, 0.2) is 115 Å². The molecule has 5 heteroatoms. The lowest BCUT2D eigenvalue weighted by Crippen LogP contribution is -2.36. The van der Waals surface area contributed by atoms with Crippen molar-refractivity contribution in [2.45, 2.75) is 26.4 Å². The molecule has 4 aromatic carbocycles. The number of aromatic nitrogens is 1. The van der Waals surface area contributed by atoms with Gasteiger partial charge in [-0.05, 0) is 32.4 Å². The van der Waals surface area contributed by atoms with Crippen LogP contribution in [0.25, 0.3) is 22.0 Å². The summed E-state index contributed by atoms with van der Waals surface area (Å²) in [6.07, 6.45) is -0.553. The molecule has 0 aliphatic rings. The molecular formula is C31H28NO3P. The van der Waals surface area contributed by atoms with Crippen LogP contribution in [-0.4, -0.2) is 16.3 Å². The molecule has 0 aliphatic heterocycles. The first-order valence-corrected chi connectivity index (χ1v) is 13.7. The minimum absolute atomic E-state index is 0.446. The molecule has 180 valence electrons. The van der Waals surface area contributed by atoms with Crippen molar-refractivity contribution < 1.29 is 14.1 Å². The fourth-order valence-corrected chi connectivity index (χ4v) is 7.58. The van der Waals surface area contributed by atoms with Gasteiger partial charge >= 0.3 is 6.09 Å². The predicted molar refractivity (Wildman–Crippen MR) is 148 cm³/mol. The highest BCUT2D eigenvalue weighted by Crippen LogP contribution is 2.48. The van der Waals surface area contributed by atoms with E-state index in [0.717, 1.165) is 16.5 Å². The number of benzene rings is 4. The third-order valence-corrected chi connectivity index (χ3v) is 9.10. The summed E-state index contributed by atoms with van der Waals surface area (Å²) in [5.41, 5.74) is 2.04. The summed E-state index contributed by atoms with van der Waals surface area (Å²) >= 11 is 0. The normalized spacial score (nSPS) is 12.0. The van der Waals surface area contributed by atoms with Gasteiger partial charge in [-0.15, -0.1) is 0 Å². The monoisotopic (exact) mass is 493 g/mol. The largest absolute Gasteiger partial charge is 0.443 e. The van der Waals surface area contributed by atoms with Crippen molar-refractivity contribution in [2.24, 2.45) is 0 Å². The summed E-state index contributed by atoms with van der Waals surface area (Å²) in [4.78, 5) is 13.9. The number of hydrogen-bond donors (Lipinski definition) is 0. The molecule has 0 saturated heterocycles.